The normalized spacial score (nSPS) is 12.4. The Bertz CT molecular complexity index is 405. The molecule has 1 unspecified atom stereocenters. The Morgan fingerprint density at radius 1 is 1.29 bits per heavy atom. The molecule has 1 aromatic carbocycles. The summed E-state index contributed by atoms with van der Waals surface area (Å²) in [5, 5.41) is 13.9. The van der Waals surface area contributed by atoms with Gasteiger partial charge >= 0.3 is 0 Å². The molecule has 0 amide bonds. The molecule has 0 radical (unpaired) electrons. The molecular weight excluding hydrogens is 313 g/mol. The Hall–Kier alpha value is -0.520. The third-order valence-electron chi connectivity index (χ3n) is 2.77. The van der Waals surface area contributed by atoms with Crippen LogP contribution < -0.4 is 10.1 Å². The second-order valence-electron chi connectivity index (χ2n) is 4.71. The largest absolute Gasteiger partial charge is 0.489 e. The van der Waals surface area contributed by atoms with Gasteiger partial charge < -0.3 is 19.9 Å². The lowest BCUT2D eigenvalue weighted by molar-refractivity contribution is 0.0982. The molecule has 0 fully saturated rings. The van der Waals surface area contributed by atoms with Crippen LogP contribution >= 0.6 is 23.2 Å². The van der Waals surface area contributed by atoms with Gasteiger partial charge in [-0.15, -0.1) is 0 Å². The summed E-state index contributed by atoms with van der Waals surface area (Å²) in [6, 6.07) is 4.99. The highest BCUT2D eigenvalue weighted by Crippen LogP contribution is 2.27. The third-order valence-corrected chi connectivity index (χ3v) is 3.30. The fourth-order valence-electron chi connectivity index (χ4n) is 1.60. The molecule has 0 aromatic heterocycles. The molecule has 0 aliphatic rings. The van der Waals surface area contributed by atoms with E-state index >= 15 is 0 Å². The number of hydrogen-bond donors (Lipinski definition) is 2. The van der Waals surface area contributed by atoms with Crippen LogP contribution in [0.2, 0.25) is 10.0 Å². The topological polar surface area (TPSA) is 50.7 Å². The van der Waals surface area contributed by atoms with Gasteiger partial charge in [0.05, 0.1) is 11.6 Å². The van der Waals surface area contributed by atoms with Crippen LogP contribution in [-0.4, -0.2) is 44.1 Å². The van der Waals surface area contributed by atoms with Gasteiger partial charge in [-0.25, -0.2) is 0 Å². The predicted octanol–water partition coefficient (Wildman–Crippen LogP) is 3.14. The van der Waals surface area contributed by atoms with Crippen molar-refractivity contribution in [2.75, 3.05) is 32.9 Å². The second-order valence-corrected chi connectivity index (χ2v) is 5.55. The zero-order chi connectivity index (χ0) is 15.5. The van der Waals surface area contributed by atoms with E-state index < -0.39 is 6.10 Å². The maximum Gasteiger partial charge on any atom is 0.138 e. The summed E-state index contributed by atoms with van der Waals surface area (Å²) in [7, 11) is 0. The van der Waals surface area contributed by atoms with Crippen LogP contribution in [0.3, 0.4) is 0 Å². The van der Waals surface area contributed by atoms with E-state index in [1.807, 2.05) is 0 Å². The summed E-state index contributed by atoms with van der Waals surface area (Å²) in [6.45, 7) is 4.90. The molecule has 0 bridgehead atoms. The zero-order valence-electron chi connectivity index (χ0n) is 12.3. The van der Waals surface area contributed by atoms with Gasteiger partial charge in [-0.3, -0.25) is 0 Å². The van der Waals surface area contributed by atoms with Crippen LogP contribution in [-0.2, 0) is 4.74 Å². The Kier molecular flexibility index (Phi) is 9.79. The number of aliphatic hydroxyl groups excluding tert-OH is 1. The van der Waals surface area contributed by atoms with Gasteiger partial charge in [0.15, 0.2) is 0 Å². The first kappa shape index (κ1) is 18.5. The SMILES string of the molecule is CCCCOCCNCC(O)COc1ccc(Cl)cc1Cl. The number of ether oxygens (including phenoxy) is 2. The Balaban J connectivity index is 2.09. The molecule has 1 rings (SSSR count). The fourth-order valence-corrected chi connectivity index (χ4v) is 2.06. The monoisotopic (exact) mass is 335 g/mol. The van der Waals surface area contributed by atoms with Crippen molar-refractivity contribution in [3.05, 3.63) is 28.2 Å². The van der Waals surface area contributed by atoms with Crippen molar-refractivity contribution in [1.29, 1.82) is 0 Å². The number of nitrogens with one attached hydrogen (secondary N) is 1. The van der Waals surface area contributed by atoms with Crippen LogP contribution in [0.25, 0.3) is 0 Å². The Morgan fingerprint density at radius 2 is 2.10 bits per heavy atom. The smallest absolute Gasteiger partial charge is 0.138 e. The predicted molar refractivity (Wildman–Crippen MR) is 86.6 cm³/mol. The van der Waals surface area contributed by atoms with Crippen molar-refractivity contribution in [3.63, 3.8) is 0 Å². The van der Waals surface area contributed by atoms with Crippen molar-refractivity contribution in [2.45, 2.75) is 25.9 Å². The van der Waals surface area contributed by atoms with Crippen LogP contribution in [0.4, 0.5) is 0 Å². The second kappa shape index (κ2) is 11.1. The van der Waals surface area contributed by atoms with E-state index in [0.717, 1.165) is 19.4 Å². The van der Waals surface area contributed by atoms with Gasteiger partial charge in [0.2, 0.25) is 0 Å². The highest BCUT2D eigenvalue weighted by atomic mass is 35.5. The lowest BCUT2D eigenvalue weighted by Gasteiger charge is -2.14. The van der Waals surface area contributed by atoms with Crippen LogP contribution in [0.1, 0.15) is 19.8 Å². The number of hydrogen-bond acceptors (Lipinski definition) is 4. The zero-order valence-corrected chi connectivity index (χ0v) is 13.8. The molecule has 120 valence electrons. The van der Waals surface area contributed by atoms with E-state index in [0.29, 0.717) is 35.5 Å². The molecular formula is C15H23Cl2NO3. The third kappa shape index (κ3) is 8.49. The number of unbranched alkanes of at least 4 members (excludes halogenated alkanes) is 1. The van der Waals surface area contributed by atoms with E-state index in [1.165, 1.54) is 0 Å². The number of halogens is 2. The van der Waals surface area contributed by atoms with Crippen molar-refractivity contribution in [2.24, 2.45) is 0 Å². The quantitative estimate of drug-likeness (QED) is 0.610. The number of rotatable bonds is 11. The standard InChI is InChI=1S/C15H23Cl2NO3/c1-2-3-7-20-8-6-18-10-13(19)11-21-15-5-4-12(16)9-14(15)17/h4-5,9,13,18-19H,2-3,6-8,10-11H2,1H3. The minimum absolute atomic E-state index is 0.172. The first-order chi connectivity index (χ1) is 10.1. The summed E-state index contributed by atoms with van der Waals surface area (Å²) in [5.41, 5.74) is 0. The molecule has 0 aliphatic carbocycles. The molecule has 2 N–H and O–H groups in total. The average molecular weight is 336 g/mol. The first-order valence-corrected chi connectivity index (χ1v) is 7.93. The van der Waals surface area contributed by atoms with E-state index in [-0.39, 0.29) is 6.61 Å². The molecule has 0 aliphatic heterocycles. The number of aliphatic hydroxyl groups is 1. The van der Waals surface area contributed by atoms with E-state index in [4.69, 9.17) is 32.7 Å². The maximum absolute atomic E-state index is 9.80. The molecule has 6 heteroatoms. The Labute approximate surface area is 136 Å². The Morgan fingerprint density at radius 3 is 2.81 bits per heavy atom. The molecule has 1 aromatic rings. The van der Waals surface area contributed by atoms with Crippen LogP contribution in [0.5, 0.6) is 5.75 Å². The fraction of sp³-hybridized carbons (Fsp3) is 0.600. The average Bonchev–Trinajstić information content (AvgIpc) is 2.45. The highest BCUT2D eigenvalue weighted by molar-refractivity contribution is 6.35. The molecule has 4 nitrogen and oxygen atoms in total. The summed E-state index contributed by atoms with van der Waals surface area (Å²) >= 11 is 11.8. The minimum Gasteiger partial charge on any atom is -0.489 e. The number of benzene rings is 1. The highest BCUT2D eigenvalue weighted by Gasteiger charge is 2.07. The van der Waals surface area contributed by atoms with E-state index in [2.05, 4.69) is 12.2 Å². The van der Waals surface area contributed by atoms with E-state index in [9.17, 15) is 5.11 Å². The van der Waals surface area contributed by atoms with Gasteiger partial charge in [-0.1, -0.05) is 36.5 Å². The van der Waals surface area contributed by atoms with Crippen LogP contribution in [0, 0.1) is 0 Å². The van der Waals surface area contributed by atoms with Crippen molar-refractivity contribution in [3.8, 4) is 5.75 Å². The van der Waals surface area contributed by atoms with Gasteiger partial charge in [-0.2, -0.15) is 0 Å². The van der Waals surface area contributed by atoms with Gasteiger partial charge in [-0.05, 0) is 24.6 Å². The summed E-state index contributed by atoms with van der Waals surface area (Å²) in [5.74, 6) is 0.517. The minimum atomic E-state index is -0.604. The van der Waals surface area contributed by atoms with Crippen molar-refractivity contribution >= 4 is 23.2 Å². The molecule has 0 heterocycles. The molecule has 0 spiro atoms. The maximum atomic E-state index is 9.80. The summed E-state index contributed by atoms with van der Waals surface area (Å²) < 4.78 is 10.9. The summed E-state index contributed by atoms with van der Waals surface area (Å²) in [6.07, 6.45) is 1.61. The lowest BCUT2D eigenvalue weighted by atomic mass is 10.3. The first-order valence-electron chi connectivity index (χ1n) is 7.18. The van der Waals surface area contributed by atoms with Gasteiger partial charge in [0.25, 0.3) is 0 Å². The van der Waals surface area contributed by atoms with Crippen molar-refractivity contribution < 1.29 is 14.6 Å². The molecule has 1 atom stereocenters. The van der Waals surface area contributed by atoms with Gasteiger partial charge in [0, 0.05) is 24.7 Å². The van der Waals surface area contributed by atoms with Crippen LogP contribution in [0.15, 0.2) is 18.2 Å². The van der Waals surface area contributed by atoms with Crippen molar-refractivity contribution in [1.82, 2.24) is 5.32 Å². The molecule has 21 heavy (non-hydrogen) atoms. The molecule has 0 saturated carbocycles. The lowest BCUT2D eigenvalue weighted by Crippen LogP contribution is -2.33. The van der Waals surface area contributed by atoms with Gasteiger partial charge in [0.1, 0.15) is 18.5 Å². The summed E-state index contributed by atoms with van der Waals surface area (Å²) in [4.78, 5) is 0. The van der Waals surface area contributed by atoms with E-state index in [1.54, 1.807) is 18.2 Å². The molecule has 0 saturated heterocycles.